The molecule has 0 amide bonds. The zero-order valence-corrected chi connectivity index (χ0v) is 17.3. The van der Waals surface area contributed by atoms with E-state index in [2.05, 4.69) is 4.98 Å². The number of nitrogens with two attached hydrogens (primary N) is 1. The van der Waals surface area contributed by atoms with Crippen LogP contribution in [-0.2, 0) is 7.05 Å². The van der Waals surface area contributed by atoms with E-state index in [4.69, 9.17) is 11.0 Å². The fourth-order valence-electron chi connectivity index (χ4n) is 3.89. The van der Waals surface area contributed by atoms with Crippen molar-refractivity contribution in [3.8, 4) is 28.5 Å². The van der Waals surface area contributed by atoms with Crippen LogP contribution in [0, 0.1) is 28.8 Å². The van der Waals surface area contributed by atoms with Crippen LogP contribution >= 0.6 is 0 Å². The van der Waals surface area contributed by atoms with Crippen molar-refractivity contribution in [2.24, 2.45) is 12.8 Å². The molecule has 1 fully saturated rings. The summed E-state index contributed by atoms with van der Waals surface area (Å²) < 4.78 is 43.6. The molecule has 1 aliphatic rings. The van der Waals surface area contributed by atoms with Crippen LogP contribution in [0.25, 0.3) is 22.4 Å². The zero-order valence-electron chi connectivity index (χ0n) is 17.3. The van der Waals surface area contributed by atoms with E-state index in [-0.39, 0.29) is 34.0 Å². The molecule has 0 atom stereocenters. The van der Waals surface area contributed by atoms with Gasteiger partial charge in [-0.2, -0.15) is 5.26 Å². The standard InChI is InChI=1S/C23H20F3N5O/c1-30-22(32)20(15-8-16(24)11-17(25)9-15)21(13-2-3-14(12-27)19(26)10-13)29-23(30)31-6-4-18(28)5-7-31/h2-3,8-11,18H,4-7,28H2,1H3. The number of aromatic nitrogens is 2. The van der Waals surface area contributed by atoms with Gasteiger partial charge in [0, 0.05) is 37.8 Å². The molecule has 2 heterocycles. The quantitative estimate of drug-likeness (QED) is 0.676. The smallest absolute Gasteiger partial charge is 0.263 e. The van der Waals surface area contributed by atoms with Crippen LogP contribution in [0.4, 0.5) is 19.1 Å². The van der Waals surface area contributed by atoms with Crippen LogP contribution in [0.2, 0.25) is 0 Å². The van der Waals surface area contributed by atoms with Crippen molar-refractivity contribution in [3.63, 3.8) is 0 Å². The number of nitriles is 1. The van der Waals surface area contributed by atoms with Crippen molar-refractivity contribution in [1.82, 2.24) is 9.55 Å². The van der Waals surface area contributed by atoms with Crippen molar-refractivity contribution in [3.05, 3.63) is 69.8 Å². The fourth-order valence-corrected chi connectivity index (χ4v) is 3.89. The summed E-state index contributed by atoms with van der Waals surface area (Å²) in [5.74, 6) is -2.14. The van der Waals surface area contributed by atoms with E-state index >= 15 is 0 Å². The molecular formula is C23H20F3N5O. The van der Waals surface area contributed by atoms with Crippen LogP contribution in [0.15, 0.2) is 41.2 Å². The molecule has 1 aliphatic heterocycles. The largest absolute Gasteiger partial charge is 0.342 e. The third kappa shape index (κ3) is 3.97. The SMILES string of the molecule is Cn1c(N2CCC(N)CC2)nc(-c2ccc(C#N)c(F)c2)c(-c2cc(F)cc(F)c2)c1=O. The molecule has 9 heteroatoms. The van der Waals surface area contributed by atoms with Gasteiger partial charge >= 0.3 is 0 Å². The van der Waals surface area contributed by atoms with Crippen molar-refractivity contribution < 1.29 is 13.2 Å². The van der Waals surface area contributed by atoms with Crippen LogP contribution in [0.5, 0.6) is 0 Å². The van der Waals surface area contributed by atoms with Crippen LogP contribution in [0.1, 0.15) is 18.4 Å². The summed E-state index contributed by atoms with van der Waals surface area (Å²) in [4.78, 5) is 19.9. The van der Waals surface area contributed by atoms with E-state index in [1.807, 2.05) is 4.90 Å². The summed E-state index contributed by atoms with van der Waals surface area (Å²) in [5.41, 5.74) is 5.50. The minimum Gasteiger partial charge on any atom is -0.342 e. The van der Waals surface area contributed by atoms with E-state index < -0.39 is 23.0 Å². The predicted octanol–water partition coefficient (Wildman–Crippen LogP) is 3.33. The fraction of sp³-hybridized carbons (Fsp3) is 0.261. The Bertz CT molecular complexity index is 1270. The number of hydrogen-bond acceptors (Lipinski definition) is 5. The van der Waals surface area contributed by atoms with E-state index in [9.17, 15) is 18.0 Å². The second-order valence-electron chi connectivity index (χ2n) is 7.79. The lowest BCUT2D eigenvalue weighted by Gasteiger charge is -2.32. The first-order chi connectivity index (χ1) is 15.3. The topological polar surface area (TPSA) is 87.9 Å². The van der Waals surface area contributed by atoms with Gasteiger partial charge in [-0.3, -0.25) is 9.36 Å². The Labute approximate surface area is 182 Å². The maximum atomic E-state index is 14.4. The second-order valence-corrected chi connectivity index (χ2v) is 7.79. The third-order valence-electron chi connectivity index (χ3n) is 5.60. The summed E-state index contributed by atoms with van der Waals surface area (Å²) in [6.07, 6.45) is 1.43. The Morgan fingerprint density at radius 3 is 2.31 bits per heavy atom. The van der Waals surface area contributed by atoms with Gasteiger partial charge in [-0.15, -0.1) is 0 Å². The molecule has 6 nitrogen and oxygen atoms in total. The summed E-state index contributed by atoms with van der Waals surface area (Å²) in [6.45, 7) is 1.16. The van der Waals surface area contributed by atoms with E-state index in [1.165, 1.54) is 23.7 Å². The summed E-state index contributed by atoms with van der Waals surface area (Å²) in [6, 6.07) is 8.40. The highest BCUT2D eigenvalue weighted by Crippen LogP contribution is 2.32. The van der Waals surface area contributed by atoms with E-state index in [1.54, 1.807) is 6.07 Å². The van der Waals surface area contributed by atoms with Gasteiger partial charge in [-0.25, -0.2) is 18.2 Å². The van der Waals surface area contributed by atoms with Gasteiger partial charge in [-0.05, 0) is 42.7 Å². The van der Waals surface area contributed by atoms with E-state index in [0.29, 0.717) is 37.9 Å². The zero-order chi connectivity index (χ0) is 23.0. The molecule has 0 saturated carbocycles. The molecule has 4 rings (SSSR count). The van der Waals surface area contributed by atoms with Crippen molar-refractivity contribution in [2.75, 3.05) is 18.0 Å². The third-order valence-corrected chi connectivity index (χ3v) is 5.60. The number of hydrogen-bond donors (Lipinski definition) is 1. The lowest BCUT2D eigenvalue weighted by molar-refractivity contribution is 0.490. The molecule has 1 aromatic heterocycles. The van der Waals surface area contributed by atoms with Gasteiger partial charge in [0.05, 0.1) is 16.8 Å². The van der Waals surface area contributed by atoms with Crippen molar-refractivity contribution >= 4 is 5.95 Å². The minimum atomic E-state index is -0.854. The first-order valence-corrected chi connectivity index (χ1v) is 10.1. The Kier molecular flexibility index (Phi) is 5.72. The molecular weight excluding hydrogens is 419 g/mol. The van der Waals surface area contributed by atoms with Gasteiger partial charge in [0.25, 0.3) is 5.56 Å². The average Bonchev–Trinajstić information content (AvgIpc) is 2.75. The normalized spacial score (nSPS) is 14.4. The molecule has 0 unspecified atom stereocenters. The Balaban J connectivity index is 1.98. The maximum Gasteiger partial charge on any atom is 0.263 e. The highest BCUT2D eigenvalue weighted by atomic mass is 19.1. The molecule has 32 heavy (non-hydrogen) atoms. The maximum absolute atomic E-state index is 14.4. The molecule has 164 valence electrons. The Hall–Kier alpha value is -3.64. The first-order valence-electron chi connectivity index (χ1n) is 10.1. The summed E-state index contributed by atoms with van der Waals surface area (Å²) in [5, 5.41) is 9.03. The first kappa shape index (κ1) is 21.6. The molecule has 0 spiro atoms. The number of piperidine rings is 1. The van der Waals surface area contributed by atoms with Crippen LogP contribution < -0.4 is 16.2 Å². The van der Waals surface area contributed by atoms with Crippen LogP contribution in [0.3, 0.4) is 0 Å². The van der Waals surface area contributed by atoms with Gasteiger partial charge in [0.1, 0.15) is 23.5 Å². The lowest BCUT2D eigenvalue weighted by Crippen LogP contribution is -2.42. The molecule has 2 N–H and O–H groups in total. The second kappa shape index (κ2) is 8.48. The molecule has 0 aliphatic carbocycles. The number of benzene rings is 2. The predicted molar refractivity (Wildman–Crippen MR) is 114 cm³/mol. The van der Waals surface area contributed by atoms with Gasteiger partial charge in [0.2, 0.25) is 5.95 Å². The molecule has 0 radical (unpaired) electrons. The van der Waals surface area contributed by atoms with Gasteiger partial charge in [0.15, 0.2) is 0 Å². The van der Waals surface area contributed by atoms with Gasteiger partial charge < -0.3 is 10.6 Å². The number of nitrogens with zero attached hydrogens (tertiary/aromatic N) is 4. The summed E-state index contributed by atoms with van der Waals surface area (Å²) >= 11 is 0. The number of rotatable bonds is 3. The Morgan fingerprint density at radius 2 is 1.72 bits per heavy atom. The van der Waals surface area contributed by atoms with Crippen molar-refractivity contribution in [1.29, 1.82) is 5.26 Å². The van der Waals surface area contributed by atoms with Gasteiger partial charge in [-0.1, -0.05) is 6.07 Å². The molecule has 0 bridgehead atoms. The number of halogens is 3. The highest BCUT2D eigenvalue weighted by molar-refractivity contribution is 5.81. The monoisotopic (exact) mass is 439 g/mol. The van der Waals surface area contributed by atoms with Crippen LogP contribution in [-0.4, -0.2) is 28.7 Å². The van der Waals surface area contributed by atoms with Crippen molar-refractivity contribution in [2.45, 2.75) is 18.9 Å². The Morgan fingerprint density at radius 1 is 1.06 bits per heavy atom. The molecule has 3 aromatic rings. The highest BCUT2D eigenvalue weighted by Gasteiger charge is 2.25. The minimum absolute atomic E-state index is 0.0115. The van der Waals surface area contributed by atoms with E-state index in [0.717, 1.165) is 18.2 Å². The molecule has 1 saturated heterocycles. The summed E-state index contributed by atoms with van der Waals surface area (Å²) in [7, 11) is 1.53. The lowest BCUT2D eigenvalue weighted by atomic mass is 9.99. The average molecular weight is 439 g/mol. The molecule has 2 aromatic carbocycles. The number of anilines is 1.